The average molecular weight is 479 g/mol. The molecule has 0 spiro atoms. The highest BCUT2D eigenvalue weighted by molar-refractivity contribution is 7.10. The van der Waals surface area contributed by atoms with E-state index in [4.69, 9.17) is 0 Å². The number of amides is 1. The first-order valence-corrected chi connectivity index (χ1v) is 12.0. The Kier molecular flexibility index (Phi) is 5.39. The summed E-state index contributed by atoms with van der Waals surface area (Å²) in [4.78, 5) is 41.5. The summed E-state index contributed by atoms with van der Waals surface area (Å²) >= 11 is 3.22. The lowest BCUT2D eigenvalue weighted by molar-refractivity contribution is -0.384. The summed E-state index contributed by atoms with van der Waals surface area (Å²) in [6.07, 6.45) is 0.699. The molecule has 1 aliphatic heterocycles. The molecule has 1 unspecified atom stereocenters. The molecule has 1 aliphatic rings. The lowest BCUT2D eigenvalue weighted by atomic mass is 9.98. The number of nitro benzene ring substituents is 1. The third-order valence-electron chi connectivity index (χ3n) is 5.66. The Hall–Kier alpha value is -3.63. The fourth-order valence-electron chi connectivity index (χ4n) is 4.16. The second kappa shape index (κ2) is 8.38. The van der Waals surface area contributed by atoms with Crippen molar-refractivity contribution in [1.29, 1.82) is 0 Å². The lowest BCUT2D eigenvalue weighted by Gasteiger charge is -2.35. The van der Waals surface area contributed by atoms with Crippen LogP contribution in [0, 0.1) is 17.0 Å². The van der Waals surface area contributed by atoms with Gasteiger partial charge in [0.05, 0.1) is 11.0 Å². The number of carbonyl (C=O) groups is 1. The van der Waals surface area contributed by atoms with Crippen LogP contribution in [0.4, 0.5) is 5.69 Å². The second-order valence-electron chi connectivity index (χ2n) is 7.62. The zero-order chi connectivity index (χ0) is 23.1. The fourth-order valence-corrected chi connectivity index (χ4v) is 5.92. The van der Waals surface area contributed by atoms with Gasteiger partial charge in [0.25, 0.3) is 11.6 Å². The zero-order valence-electron chi connectivity index (χ0n) is 17.5. The molecule has 166 valence electrons. The van der Waals surface area contributed by atoms with Crippen LogP contribution in [0.5, 0.6) is 0 Å². The molecule has 1 atom stereocenters. The number of nitrogens with zero attached hydrogens (tertiary/aromatic N) is 4. The van der Waals surface area contributed by atoms with Crippen molar-refractivity contribution in [1.82, 2.24) is 14.7 Å². The molecule has 0 aliphatic carbocycles. The Morgan fingerprint density at radius 3 is 2.73 bits per heavy atom. The molecule has 0 radical (unpaired) electrons. The molecular weight excluding hydrogens is 460 g/mol. The SMILES string of the molecule is Cc1cc(=O)c(C(=O)N2CCc3sccc3C2c2cccs2)nn1-c1ccccc1[N+](=O)[O-]. The first kappa shape index (κ1) is 21.2. The molecule has 0 bridgehead atoms. The van der Waals surface area contributed by atoms with Crippen molar-refractivity contribution in [3.8, 4) is 5.69 Å². The van der Waals surface area contributed by atoms with E-state index in [0.29, 0.717) is 18.7 Å². The topological polar surface area (TPSA) is 98.3 Å². The second-order valence-corrected chi connectivity index (χ2v) is 9.60. The molecule has 33 heavy (non-hydrogen) atoms. The Balaban J connectivity index is 1.62. The summed E-state index contributed by atoms with van der Waals surface area (Å²) in [6.45, 7) is 2.09. The number of aryl methyl sites for hydroxylation is 1. The molecule has 4 heterocycles. The number of para-hydroxylation sites is 2. The van der Waals surface area contributed by atoms with Gasteiger partial charge in [-0.05, 0) is 47.9 Å². The van der Waals surface area contributed by atoms with E-state index in [-0.39, 0.29) is 23.1 Å². The Bertz CT molecular complexity index is 1420. The highest BCUT2D eigenvalue weighted by Crippen LogP contribution is 2.39. The molecule has 0 saturated heterocycles. The number of hydrogen-bond acceptors (Lipinski definition) is 7. The van der Waals surface area contributed by atoms with Gasteiger partial charge in [-0.15, -0.1) is 22.7 Å². The molecule has 8 nitrogen and oxygen atoms in total. The van der Waals surface area contributed by atoms with Crippen LogP contribution in [0.3, 0.4) is 0 Å². The molecule has 1 amide bonds. The largest absolute Gasteiger partial charge is 0.325 e. The molecular formula is C23H18N4O4S2. The van der Waals surface area contributed by atoms with Crippen LogP contribution in [0.15, 0.2) is 64.1 Å². The van der Waals surface area contributed by atoms with Crippen molar-refractivity contribution in [2.75, 3.05) is 6.54 Å². The average Bonchev–Trinajstić information content (AvgIpc) is 3.50. The summed E-state index contributed by atoms with van der Waals surface area (Å²) in [5.41, 5.74) is 0.745. The zero-order valence-corrected chi connectivity index (χ0v) is 19.1. The van der Waals surface area contributed by atoms with Gasteiger partial charge in [0.2, 0.25) is 5.43 Å². The van der Waals surface area contributed by atoms with Crippen LogP contribution in [0.1, 0.15) is 37.5 Å². The van der Waals surface area contributed by atoms with Crippen molar-refractivity contribution in [3.05, 3.63) is 106 Å². The van der Waals surface area contributed by atoms with Gasteiger partial charge in [-0.1, -0.05) is 18.2 Å². The van der Waals surface area contributed by atoms with E-state index in [1.54, 1.807) is 52.7 Å². The van der Waals surface area contributed by atoms with Gasteiger partial charge in [0.1, 0.15) is 5.69 Å². The number of carbonyl (C=O) groups excluding carboxylic acids is 1. The summed E-state index contributed by atoms with van der Waals surface area (Å²) in [5.74, 6) is -0.484. The van der Waals surface area contributed by atoms with E-state index in [1.165, 1.54) is 21.7 Å². The number of fused-ring (bicyclic) bond motifs is 1. The van der Waals surface area contributed by atoms with E-state index in [0.717, 1.165) is 10.4 Å². The minimum Gasteiger partial charge on any atom is -0.325 e. The van der Waals surface area contributed by atoms with E-state index in [1.807, 2.05) is 29.0 Å². The first-order chi connectivity index (χ1) is 16.0. The van der Waals surface area contributed by atoms with Crippen molar-refractivity contribution in [3.63, 3.8) is 0 Å². The van der Waals surface area contributed by atoms with Crippen molar-refractivity contribution in [2.45, 2.75) is 19.4 Å². The van der Waals surface area contributed by atoms with Crippen LogP contribution in [0.25, 0.3) is 5.69 Å². The highest BCUT2D eigenvalue weighted by atomic mass is 32.1. The van der Waals surface area contributed by atoms with Crippen LogP contribution in [0.2, 0.25) is 0 Å². The van der Waals surface area contributed by atoms with Crippen molar-refractivity contribution >= 4 is 34.3 Å². The smallest absolute Gasteiger partial charge is 0.294 e. The van der Waals surface area contributed by atoms with Crippen LogP contribution < -0.4 is 5.43 Å². The van der Waals surface area contributed by atoms with E-state index >= 15 is 0 Å². The monoisotopic (exact) mass is 478 g/mol. The number of rotatable bonds is 4. The van der Waals surface area contributed by atoms with E-state index in [2.05, 4.69) is 5.10 Å². The van der Waals surface area contributed by atoms with E-state index < -0.39 is 16.3 Å². The fraction of sp³-hybridized carbons (Fsp3) is 0.174. The van der Waals surface area contributed by atoms with Gasteiger partial charge < -0.3 is 4.90 Å². The third kappa shape index (κ3) is 3.66. The summed E-state index contributed by atoms with van der Waals surface area (Å²) in [5, 5.41) is 19.9. The number of hydrogen-bond donors (Lipinski definition) is 0. The summed E-state index contributed by atoms with van der Waals surface area (Å²) in [7, 11) is 0. The maximum absolute atomic E-state index is 13.7. The highest BCUT2D eigenvalue weighted by Gasteiger charge is 2.35. The molecule has 4 aromatic rings. The normalized spacial score (nSPS) is 15.3. The van der Waals surface area contributed by atoms with Gasteiger partial charge in [-0.2, -0.15) is 5.10 Å². The van der Waals surface area contributed by atoms with Crippen LogP contribution >= 0.6 is 22.7 Å². The molecule has 0 N–H and O–H groups in total. The first-order valence-electron chi connectivity index (χ1n) is 10.2. The van der Waals surface area contributed by atoms with Crippen LogP contribution in [-0.2, 0) is 6.42 Å². The predicted octanol–water partition coefficient (Wildman–Crippen LogP) is 4.36. The van der Waals surface area contributed by atoms with Gasteiger partial charge in [0, 0.05) is 34.1 Å². The standard InChI is InChI=1S/C23H18N4O4S2/c1-14-13-18(28)21(24-26(14)16-5-2-3-6-17(16)27(30)31)23(29)25-10-8-19-15(9-12-33-19)22(25)20-7-4-11-32-20/h2-7,9,11-13,22H,8,10H2,1H3. The van der Waals surface area contributed by atoms with Gasteiger partial charge in [0.15, 0.2) is 5.69 Å². The molecule has 1 aromatic carbocycles. The summed E-state index contributed by atoms with van der Waals surface area (Å²) < 4.78 is 1.30. The maximum atomic E-state index is 13.7. The number of aromatic nitrogens is 2. The minimum atomic E-state index is -0.508. The molecule has 5 rings (SSSR count). The quantitative estimate of drug-likeness (QED) is 0.321. The van der Waals surface area contributed by atoms with Crippen LogP contribution in [-0.4, -0.2) is 32.1 Å². The Morgan fingerprint density at radius 2 is 1.97 bits per heavy atom. The molecule has 0 saturated carbocycles. The predicted molar refractivity (Wildman–Crippen MR) is 126 cm³/mol. The van der Waals surface area contributed by atoms with Crippen molar-refractivity contribution < 1.29 is 9.72 Å². The number of thiophene rings is 2. The van der Waals surface area contributed by atoms with Gasteiger partial charge in [-0.25, -0.2) is 4.68 Å². The Morgan fingerprint density at radius 1 is 1.15 bits per heavy atom. The van der Waals surface area contributed by atoms with E-state index in [9.17, 15) is 19.7 Å². The third-order valence-corrected chi connectivity index (χ3v) is 7.58. The number of benzene rings is 1. The van der Waals surface area contributed by atoms with Crippen molar-refractivity contribution in [2.24, 2.45) is 0 Å². The molecule has 10 heteroatoms. The molecule has 3 aromatic heterocycles. The minimum absolute atomic E-state index is 0.160. The lowest BCUT2D eigenvalue weighted by Crippen LogP contribution is -2.42. The van der Waals surface area contributed by atoms with Gasteiger partial charge in [-0.3, -0.25) is 19.7 Å². The summed E-state index contributed by atoms with van der Waals surface area (Å²) in [6, 6.07) is 13.1. The Labute approximate surface area is 196 Å². The number of nitro groups is 1. The molecule has 0 fully saturated rings. The van der Waals surface area contributed by atoms with Gasteiger partial charge >= 0.3 is 0 Å². The maximum Gasteiger partial charge on any atom is 0.294 e.